The van der Waals surface area contributed by atoms with Crippen LogP contribution in [0.25, 0.3) is 0 Å². The Bertz CT molecular complexity index is 979. The van der Waals surface area contributed by atoms with Gasteiger partial charge in [0.25, 0.3) is 5.91 Å². The summed E-state index contributed by atoms with van der Waals surface area (Å²) < 4.78 is 0. The Morgan fingerprint density at radius 3 is 2.56 bits per heavy atom. The smallest absolute Gasteiger partial charge is 0.269 e. The third kappa shape index (κ3) is 5.36. The Kier molecular flexibility index (Phi) is 7.20. The fourth-order valence-corrected chi connectivity index (χ4v) is 4.51. The number of aromatic nitrogens is 2. The molecule has 2 fully saturated rings. The van der Waals surface area contributed by atoms with Gasteiger partial charge in [-0.25, -0.2) is 4.98 Å². The average molecular weight is 455 g/mol. The molecule has 1 saturated carbocycles. The number of halogens is 1. The van der Waals surface area contributed by atoms with Gasteiger partial charge in [0.05, 0.1) is 18.3 Å². The molecule has 1 aliphatic heterocycles. The molecular weight excluding hydrogens is 428 g/mol. The van der Waals surface area contributed by atoms with Gasteiger partial charge in [-0.3, -0.25) is 20.1 Å². The number of amides is 1. The highest BCUT2D eigenvalue weighted by atomic mass is 35.5. The minimum absolute atomic E-state index is 0.0104. The molecule has 4 rings (SSSR count). The van der Waals surface area contributed by atoms with Crippen molar-refractivity contribution in [3.05, 3.63) is 52.4 Å². The number of carbonyl (C=O) groups is 1. The van der Waals surface area contributed by atoms with Gasteiger partial charge in [-0.2, -0.15) is 10.2 Å². The number of likely N-dealkylation sites (tertiary alicyclic amines) is 1. The molecule has 2 aliphatic rings. The predicted molar refractivity (Wildman–Crippen MR) is 121 cm³/mol. The fraction of sp³-hybridized carbons (Fsp3) is 0.478. The molecule has 168 valence electrons. The lowest BCUT2D eigenvalue weighted by molar-refractivity contribution is 0.0792. The number of rotatable bonds is 6. The summed E-state index contributed by atoms with van der Waals surface area (Å²) in [6, 6.07) is 9.55. The zero-order chi connectivity index (χ0) is 22.5. The Balaban J connectivity index is 1.47. The van der Waals surface area contributed by atoms with Crippen molar-refractivity contribution < 1.29 is 9.90 Å². The minimum atomic E-state index is -0.252. The van der Waals surface area contributed by atoms with Gasteiger partial charge in [0, 0.05) is 25.2 Å². The highest BCUT2D eigenvalue weighted by Crippen LogP contribution is 2.30. The fourth-order valence-electron chi connectivity index (χ4n) is 4.33. The van der Waals surface area contributed by atoms with E-state index >= 15 is 0 Å². The van der Waals surface area contributed by atoms with Crippen molar-refractivity contribution in [1.82, 2.24) is 20.3 Å². The van der Waals surface area contributed by atoms with Gasteiger partial charge >= 0.3 is 0 Å². The second-order valence-electron chi connectivity index (χ2n) is 8.43. The monoisotopic (exact) mass is 454 g/mol. The largest absolute Gasteiger partial charge is 0.393 e. The molecule has 0 atom stereocenters. The Morgan fingerprint density at radius 2 is 1.91 bits per heavy atom. The van der Waals surface area contributed by atoms with E-state index in [4.69, 9.17) is 11.6 Å². The number of hydrogen-bond donors (Lipinski definition) is 2. The van der Waals surface area contributed by atoms with E-state index in [0.717, 1.165) is 63.7 Å². The van der Waals surface area contributed by atoms with Gasteiger partial charge in [-0.15, -0.1) is 0 Å². The van der Waals surface area contributed by atoms with Crippen molar-refractivity contribution in [2.24, 2.45) is 0 Å². The summed E-state index contributed by atoms with van der Waals surface area (Å²) in [6.45, 7) is 2.56. The highest BCUT2D eigenvalue weighted by Gasteiger charge is 2.28. The number of anilines is 1. The maximum absolute atomic E-state index is 13.0. The molecule has 1 aromatic heterocycles. The first-order valence-electron chi connectivity index (χ1n) is 11.1. The number of aliphatic hydroxyl groups is 1. The van der Waals surface area contributed by atoms with E-state index in [2.05, 4.69) is 20.3 Å². The van der Waals surface area contributed by atoms with Gasteiger partial charge in [0.2, 0.25) is 5.82 Å². The van der Waals surface area contributed by atoms with Crippen LogP contribution in [0.1, 0.15) is 60.3 Å². The van der Waals surface area contributed by atoms with Crippen LogP contribution in [-0.4, -0.2) is 51.1 Å². The first kappa shape index (κ1) is 22.5. The molecule has 0 radical (unpaired) electrons. The first-order chi connectivity index (χ1) is 15.5. The lowest BCUT2D eigenvalue weighted by Crippen LogP contribution is -2.48. The molecule has 0 bridgehead atoms. The number of nitriles is 1. The minimum Gasteiger partial charge on any atom is -0.393 e. The van der Waals surface area contributed by atoms with Gasteiger partial charge in [0.15, 0.2) is 5.82 Å². The van der Waals surface area contributed by atoms with E-state index < -0.39 is 0 Å². The maximum Gasteiger partial charge on any atom is 0.269 e. The zero-order valence-corrected chi connectivity index (χ0v) is 18.6. The van der Waals surface area contributed by atoms with E-state index in [9.17, 15) is 15.2 Å². The van der Waals surface area contributed by atoms with Gasteiger partial charge < -0.3 is 5.11 Å². The van der Waals surface area contributed by atoms with E-state index in [1.165, 1.54) is 6.20 Å². The van der Waals surface area contributed by atoms with Crippen molar-refractivity contribution in [3.63, 3.8) is 0 Å². The van der Waals surface area contributed by atoms with Crippen molar-refractivity contribution in [2.75, 3.05) is 18.1 Å². The Labute approximate surface area is 192 Å². The predicted octanol–water partition coefficient (Wildman–Crippen LogP) is 3.05. The van der Waals surface area contributed by atoms with E-state index in [-0.39, 0.29) is 28.9 Å². The molecule has 0 spiro atoms. The number of hydrazine groups is 1. The van der Waals surface area contributed by atoms with Crippen LogP contribution >= 0.6 is 11.6 Å². The van der Waals surface area contributed by atoms with Crippen molar-refractivity contribution in [1.29, 1.82) is 5.26 Å². The summed E-state index contributed by atoms with van der Waals surface area (Å²) in [5, 5.41) is 20.8. The average Bonchev–Trinajstić information content (AvgIpc) is 3.35. The number of piperidine rings is 1. The molecule has 2 heterocycles. The van der Waals surface area contributed by atoms with E-state index in [1.807, 2.05) is 30.3 Å². The SMILES string of the molecule is N#Cc1ncc(Cl)c(N(NC(=O)c2ccc(CN3CCC(O)CC3)cc2)C2CCCC2)n1. The quantitative estimate of drug-likeness (QED) is 0.646. The van der Waals surface area contributed by atoms with E-state index in [1.54, 1.807) is 5.01 Å². The number of benzene rings is 1. The molecule has 2 N–H and O–H groups in total. The van der Waals surface area contributed by atoms with Crippen LogP contribution in [0.3, 0.4) is 0 Å². The second kappa shape index (κ2) is 10.3. The second-order valence-corrected chi connectivity index (χ2v) is 8.84. The number of nitrogens with zero attached hydrogens (tertiary/aromatic N) is 5. The number of hydrogen-bond acceptors (Lipinski definition) is 7. The van der Waals surface area contributed by atoms with Gasteiger partial charge in [-0.1, -0.05) is 36.6 Å². The van der Waals surface area contributed by atoms with Gasteiger partial charge in [-0.05, 0) is 43.4 Å². The van der Waals surface area contributed by atoms with Crippen LogP contribution in [0.5, 0.6) is 0 Å². The molecule has 0 unspecified atom stereocenters. The summed E-state index contributed by atoms with van der Waals surface area (Å²) >= 11 is 6.33. The highest BCUT2D eigenvalue weighted by molar-refractivity contribution is 6.32. The molecule has 1 saturated heterocycles. The van der Waals surface area contributed by atoms with Crippen LogP contribution in [0, 0.1) is 11.3 Å². The van der Waals surface area contributed by atoms with Crippen LogP contribution in [0.2, 0.25) is 5.02 Å². The lowest BCUT2D eigenvalue weighted by Gasteiger charge is -2.31. The molecule has 32 heavy (non-hydrogen) atoms. The normalized spacial score (nSPS) is 17.8. The molecule has 8 nitrogen and oxygen atoms in total. The number of nitrogens with one attached hydrogen (secondary N) is 1. The van der Waals surface area contributed by atoms with Crippen LogP contribution in [-0.2, 0) is 6.54 Å². The molecule has 1 aliphatic carbocycles. The first-order valence-corrected chi connectivity index (χ1v) is 11.4. The molecular formula is C23H27ClN6O2. The number of carbonyl (C=O) groups excluding carboxylic acids is 1. The molecule has 1 aromatic carbocycles. The molecule has 2 aromatic rings. The van der Waals surface area contributed by atoms with Crippen LogP contribution < -0.4 is 10.4 Å². The number of aliphatic hydroxyl groups excluding tert-OH is 1. The van der Waals surface area contributed by atoms with E-state index in [0.29, 0.717) is 11.4 Å². The van der Waals surface area contributed by atoms with Crippen molar-refractivity contribution >= 4 is 23.3 Å². The summed E-state index contributed by atoms with van der Waals surface area (Å²) in [6.07, 6.45) is 6.75. The maximum atomic E-state index is 13.0. The Morgan fingerprint density at radius 1 is 1.22 bits per heavy atom. The summed E-state index contributed by atoms with van der Waals surface area (Å²) in [4.78, 5) is 23.5. The Hall–Kier alpha value is -2.73. The zero-order valence-electron chi connectivity index (χ0n) is 17.9. The summed E-state index contributed by atoms with van der Waals surface area (Å²) in [7, 11) is 0. The third-order valence-corrected chi connectivity index (χ3v) is 6.41. The molecule has 9 heteroatoms. The standard InChI is InChI=1S/C23H27ClN6O2/c24-20-14-26-21(13-25)27-22(20)30(18-3-1-2-4-18)28-23(32)17-7-5-16(6-8-17)15-29-11-9-19(31)10-12-29/h5-8,14,18-19,31H,1-4,9-12,15H2,(H,28,32). The van der Waals surface area contributed by atoms with Crippen LogP contribution in [0.15, 0.2) is 30.5 Å². The summed E-state index contributed by atoms with van der Waals surface area (Å²) in [5.74, 6) is 0.108. The topological polar surface area (TPSA) is 105 Å². The van der Waals surface area contributed by atoms with Crippen molar-refractivity contribution in [2.45, 2.75) is 57.2 Å². The van der Waals surface area contributed by atoms with Crippen molar-refractivity contribution in [3.8, 4) is 6.07 Å². The summed E-state index contributed by atoms with van der Waals surface area (Å²) in [5.41, 5.74) is 4.63. The van der Waals surface area contributed by atoms with Gasteiger partial charge in [0.1, 0.15) is 11.1 Å². The molecule has 1 amide bonds. The lowest BCUT2D eigenvalue weighted by atomic mass is 10.1. The van der Waals surface area contributed by atoms with Crippen LogP contribution in [0.4, 0.5) is 5.82 Å². The third-order valence-electron chi connectivity index (χ3n) is 6.15.